The molecule has 88 valence electrons. The summed E-state index contributed by atoms with van der Waals surface area (Å²) in [6, 6.07) is 1.52. The fraction of sp³-hybridized carbons (Fsp3) is 0.417. The van der Waals surface area contributed by atoms with E-state index in [1.54, 1.807) is 6.08 Å². The van der Waals surface area contributed by atoms with E-state index in [9.17, 15) is 4.39 Å². The van der Waals surface area contributed by atoms with Crippen LogP contribution in [0.25, 0.3) is 0 Å². The van der Waals surface area contributed by atoms with Crippen molar-refractivity contribution in [2.24, 2.45) is 0 Å². The molecule has 0 saturated heterocycles. The smallest absolute Gasteiger partial charge is 0.141 e. The Kier molecular flexibility index (Phi) is 4.92. The fourth-order valence-electron chi connectivity index (χ4n) is 1.49. The van der Waals surface area contributed by atoms with Gasteiger partial charge in [0.2, 0.25) is 0 Å². The zero-order valence-corrected chi connectivity index (χ0v) is 9.83. The van der Waals surface area contributed by atoms with Crippen molar-refractivity contribution in [3.8, 4) is 0 Å². The van der Waals surface area contributed by atoms with Crippen LogP contribution in [0.5, 0.6) is 0 Å². The van der Waals surface area contributed by atoms with E-state index in [1.807, 2.05) is 18.9 Å². The number of hydrogen-bond donors (Lipinski definition) is 1. The zero-order valence-electron chi connectivity index (χ0n) is 9.83. The molecule has 0 aliphatic rings. The molecule has 4 heteroatoms. The molecular formula is C12H18FN3. The number of hydrogen-bond acceptors (Lipinski definition) is 3. The van der Waals surface area contributed by atoms with E-state index in [0.29, 0.717) is 13.1 Å². The summed E-state index contributed by atoms with van der Waals surface area (Å²) in [5.41, 5.74) is 0.867. The Morgan fingerprint density at radius 2 is 2.38 bits per heavy atom. The Bertz CT molecular complexity index is 352. The van der Waals surface area contributed by atoms with Gasteiger partial charge in [0.25, 0.3) is 0 Å². The maximum Gasteiger partial charge on any atom is 0.141 e. The number of likely N-dealkylation sites (N-methyl/N-ethyl adjacent to an activating group) is 1. The molecule has 1 aromatic rings. The second-order valence-corrected chi connectivity index (χ2v) is 3.59. The van der Waals surface area contributed by atoms with E-state index < -0.39 is 0 Å². The Morgan fingerprint density at radius 3 is 3.00 bits per heavy atom. The van der Waals surface area contributed by atoms with Crippen molar-refractivity contribution in [1.82, 2.24) is 10.3 Å². The monoisotopic (exact) mass is 223 g/mol. The van der Waals surface area contributed by atoms with E-state index >= 15 is 0 Å². The number of nitrogens with one attached hydrogen (secondary N) is 1. The summed E-state index contributed by atoms with van der Waals surface area (Å²) in [4.78, 5) is 6.06. The van der Waals surface area contributed by atoms with Crippen molar-refractivity contribution in [3.05, 3.63) is 36.3 Å². The number of nitrogens with zero attached hydrogens (tertiary/aromatic N) is 2. The first-order valence-electron chi connectivity index (χ1n) is 5.36. The molecule has 0 aromatic carbocycles. The average Bonchev–Trinajstić information content (AvgIpc) is 2.26. The van der Waals surface area contributed by atoms with Crippen LogP contribution in [0.2, 0.25) is 0 Å². The molecule has 0 aliphatic carbocycles. The van der Waals surface area contributed by atoms with Crippen LogP contribution in [0.4, 0.5) is 10.2 Å². The fourth-order valence-corrected chi connectivity index (χ4v) is 1.49. The van der Waals surface area contributed by atoms with Gasteiger partial charge < -0.3 is 10.2 Å². The predicted molar refractivity (Wildman–Crippen MR) is 65.0 cm³/mol. The van der Waals surface area contributed by atoms with E-state index in [-0.39, 0.29) is 5.82 Å². The lowest BCUT2D eigenvalue weighted by atomic mass is 10.2. The molecule has 16 heavy (non-hydrogen) atoms. The summed E-state index contributed by atoms with van der Waals surface area (Å²) in [6.45, 7) is 7.85. The van der Waals surface area contributed by atoms with E-state index in [2.05, 4.69) is 16.9 Å². The van der Waals surface area contributed by atoms with Crippen LogP contribution < -0.4 is 10.2 Å². The third-order valence-electron chi connectivity index (χ3n) is 2.24. The topological polar surface area (TPSA) is 28.2 Å². The van der Waals surface area contributed by atoms with Crippen LogP contribution in [0, 0.1) is 5.82 Å². The van der Waals surface area contributed by atoms with Crippen molar-refractivity contribution in [2.45, 2.75) is 13.5 Å². The molecule has 1 aromatic heterocycles. The minimum absolute atomic E-state index is 0.302. The summed E-state index contributed by atoms with van der Waals surface area (Å²) in [5.74, 6) is 0.492. The lowest BCUT2D eigenvalue weighted by Gasteiger charge is -2.19. The van der Waals surface area contributed by atoms with Gasteiger partial charge in [-0.25, -0.2) is 9.37 Å². The highest BCUT2D eigenvalue weighted by Crippen LogP contribution is 2.17. The average molecular weight is 223 g/mol. The largest absolute Gasteiger partial charge is 0.356 e. The number of halogens is 1. The second kappa shape index (κ2) is 6.23. The SMILES string of the molecule is C=CCN(C)c1ncc(F)cc1CNCC. The second-order valence-electron chi connectivity index (χ2n) is 3.59. The molecule has 0 saturated carbocycles. The van der Waals surface area contributed by atoms with Crippen LogP contribution in [0.3, 0.4) is 0 Å². The first-order chi connectivity index (χ1) is 7.69. The Labute approximate surface area is 96.0 Å². The van der Waals surface area contributed by atoms with Gasteiger partial charge in [0.05, 0.1) is 6.20 Å². The first kappa shape index (κ1) is 12.6. The van der Waals surface area contributed by atoms with Gasteiger partial charge in [-0.3, -0.25) is 0 Å². The Hall–Kier alpha value is -1.42. The summed E-state index contributed by atoms with van der Waals surface area (Å²) in [7, 11) is 1.91. The van der Waals surface area contributed by atoms with Gasteiger partial charge in [0, 0.05) is 25.7 Å². The van der Waals surface area contributed by atoms with Crippen LogP contribution >= 0.6 is 0 Å². The van der Waals surface area contributed by atoms with E-state index in [1.165, 1.54) is 12.3 Å². The van der Waals surface area contributed by atoms with Gasteiger partial charge in [-0.05, 0) is 12.6 Å². The normalized spacial score (nSPS) is 10.2. The molecule has 0 atom stereocenters. The Morgan fingerprint density at radius 1 is 1.62 bits per heavy atom. The highest BCUT2D eigenvalue weighted by molar-refractivity contribution is 5.46. The third kappa shape index (κ3) is 3.31. The lowest BCUT2D eigenvalue weighted by Crippen LogP contribution is -2.22. The van der Waals surface area contributed by atoms with Crippen LogP contribution in [-0.2, 0) is 6.54 Å². The first-order valence-corrected chi connectivity index (χ1v) is 5.36. The highest BCUT2D eigenvalue weighted by atomic mass is 19.1. The zero-order chi connectivity index (χ0) is 12.0. The molecule has 0 amide bonds. The highest BCUT2D eigenvalue weighted by Gasteiger charge is 2.08. The summed E-state index contributed by atoms with van der Waals surface area (Å²) in [6.07, 6.45) is 3.03. The quantitative estimate of drug-likeness (QED) is 0.747. The predicted octanol–water partition coefficient (Wildman–Crippen LogP) is 1.95. The van der Waals surface area contributed by atoms with E-state index in [4.69, 9.17) is 0 Å². The van der Waals surface area contributed by atoms with Crippen LogP contribution in [0.15, 0.2) is 24.9 Å². The maximum atomic E-state index is 13.1. The van der Waals surface area contributed by atoms with Gasteiger partial charge in [-0.1, -0.05) is 13.0 Å². The molecule has 1 N–H and O–H groups in total. The number of aromatic nitrogens is 1. The molecule has 0 aliphatic heterocycles. The van der Waals surface area contributed by atoms with Crippen molar-refractivity contribution >= 4 is 5.82 Å². The molecule has 0 radical (unpaired) electrons. The minimum Gasteiger partial charge on any atom is -0.356 e. The van der Waals surface area contributed by atoms with Crippen molar-refractivity contribution in [1.29, 1.82) is 0 Å². The molecule has 1 heterocycles. The van der Waals surface area contributed by atoms with E-state index in [0.717, 1.165) is 17.9 Å². The van der Waals surface area contributed by atoms with Crippen molar-refractivity contribution in [3.63, 3.8) is 0 Å². The third-order valence-corrected chi connectivity index (χ3v) is 2.24. The standard InChI is InChI=1S/C12H18FN3/c1-4-6-16(3)12-10(8-14-5-2)7-11(13)9-15-12/h4,7,9,14H,1,5-6,8H2,2-3H3. The number of rotatable bonds is 6. The molecule has 3 nitrogen and oxygen atoms in total. The summed E-state index contributed by atoms with van der Waals surface area (Å²) in [5, 5.41) is 3.17. The molecule has 0 unspecified atom stereocenters. The van der Waals surface area contributed by atoms with Crippen LogP contribution in [0.1, 0.15) is 12.5 Å². The summed E-state index contributed by atoms with van der Waals surface area (Å²) < 4.78 is 13.1. The van der Waals surface area contributed by atoms with Gasteiger partial charge in [-0.15, -0.1) is 6.58 Å². The number of pyridine rings is 1. The van der Waals surface area contributed by atoms with Crippen molar-refractivity contribution in [2.75, 3.05) is 25.0 Å². The molecule has 1 rings (SSSR count). The van der Waals surface area contributed by atoms with Gasteiger partial charge in [0.15, 0.2) is 0 Å². The van der Waals surface area contributed by atoms with Gasteiger partial charge in [-0.2, -0.15) is 0 Å². The lowest BCUT2D eigenvalue weighted by molar-refractivity contribution is 0.614. The van der Waals surface area contributed by atoms with Crippen LogP contribution in [-0.4, -0.2) is 25.1 Å². The number of anilines is 1. The maximum absolute atomic E-state index is 13.1. The van der Waals surface area contributed by atoms with Gasteiger partial charge in [0.1, 0.15) is 11.6 Å². The van der Waals surface area contributed by atoms with Gasteiger partial charge >= 0.3 is 0 Å². The molecular weight excluding hydrogens is 205 g/mol. The summed E-state index contributed by atoms with van der Waals surface area (Å²) >= 11 is 0. The van der Waals surface area contributed by atoms with Crippen molar-refractivity contribution < 1.29 is 4.39 Å². The minimum atomic E-state index is -0.302. The Balaban J connectivity index is 2.92. The molecule has 0 bridgehead atoms. The molecule has 0 spiro atoms. The molecule has 0 fully saturated rings.